The molecule has 172 valence electrons. The summed E-state index contributed by atoms with van der Waals surface area (Å²) in [6.45, 7) is 8.58. The Balaban J connectivity index is 1.46. The quantitative estimate of drug-likeness (QED) is 0.668. The van der Waals surface area contributed by atoms with Crippen molar-refractivity contribution in [1.82, 2.24) is 15.3 Å². The second kappa shape index (κ2) is 10.0. The van der Waals surface area contributed by atoms with Crippen molar-refractivity contribution >= 4 is 11.7 Å². The molecule has 2 aromatic rings. The fraction of sp³-hybridized carbons (Fsp3) is 0.593. The molecule has 0 radical (unpaired) electrons. The maximum atomic E-state index is 12.2. The highest BCUT2D eigenvalue weighted by atomic mass is 16.2. The van der Waals surface area contributed by atoms with Gasteiger partial charge >= 0.3 is 0 Å². The second-order valence-electron chi connectivity index (χ2n) is 10.6. The fourth-order valence-corrected chi connectivity index (χ4v) is 4.89. The van der Waals surface area contributed by atoms with Gasteiger partial charge in [-0.25, -0.2) is 4.98 Å². The van der Waals surface area contributed by atoms with Gasteiger partial charge in [0.05, 0.1) is 17.6 Å². The first-order valence-electron chi connectivity index (χ1n) is 12.4. The van der Waals surface area contributed by atoms with Gasteiger partial charge in [0, 0.05) is 36.5 Å². The Kier molecular flexibility index (Phi) is 7.12. The zero-order valence-electron chi connectivity index (χ0n) is 19.9. The first-order chi connectivity index (χ1) is 15.4. The lowest BCUT2D eigenvalue weighted by atomic mass is 9.85. The molecule has 2 heterocycles. The predicted molar refractivity (Wildman–Crippen MR) is 131 cm³/mol. The van der Waals surface area contributed by atoms with Gasteiger partial charge in [-0.1, -0.05) is 70.4 Å². The van der Waals surface area contributed by atoms with Crippen LogP contribution in [0.2, 0.25) is 0 Å². The molecule has 1 saturated carbocycles. The van der Waals surface area contributed by atoms with E-state index in [1.165, 1.54) is 43.4 Å². The van der Waals surface area contributed by atoms with Gasteiger partial charge in [0.25, 0.3) is 0 Å². The van der Waals surface area contributed by atoms with Gasteiger partial charge in [0.1, 0.15) is 5.82 Å². The molecule has 2 fully saturated rings. The van der Waals surface area contributed by atoms with Crippen molar-refractivity contribution in [2.24, 2.45) is 11.3 Å². The highest BCUT2D eigenvalue weighted by Gasteiger charge is 2.26. The minimum atomic E-state index is -0.329. The van der Waals surface area contributed by atoms with E-state index >= 15 is 0 Å². The number of carbonyl (C=O) groups excluding carboxylic acids is 1. The van der Waals surface area contributed by atoms with Gasteiger partial charge < -0.3 is 10.2 Å². The van der Waals surface area contributed by atoms with Crippen molar-refractivity contribution in [3.8, 4) is 11.3 Å². The lowest BCUT2D eigenvalue weighted by Gasteiger charge is -2.33. The van der Waals surface area contributed by atoms with Crippen LogP contribution in [-0.4, -0.2) is 35.5 Å². The molecule has 2 aliphatic rings. The number of nitrogens with one attached hydrogen (secondary N) is 1. The molecule has 0 atom stereocenters. The number of aromatic nitrogens is 2. The zero-order valence-corrected chi connectivity index (χ0v) is 19.9. The molecule has 0 unspecified atom stereocenters. The van der Waals surface area contributed by atoms with Crippen molar-refractivity contribution in [2.45, 2.75) is 71.6 Å². The molecule has 1 aromatic heterocycles. The maximum absolute atomic E-state index is 12.2. The lowest BCUT2D eigenvalue weighted by molar-refractivity contribution is -0.128. The monoisotopic (exact) mass is 434 g/mol. The Hall–Kier alpha value is -2.43. The standard InChI is InChI=1S/C27H38N4O/c1-27(2,3)26(32)29-18-20-14-16-31(17-15-20)23-19-28-24(21-10-6-4-7-11-21)25(30-23)22-12-8-5-9-13-22/h5,8-9,12-13,19-21H,4,6-7,10-11,14-18H2,1-3H3,(H,29,32). The summed E-state index contributed by atoms with van der Waals surface area (Å²) in [5, 5.41) is 3.14. The van der Waals surface area contributed by atoms with Gasteiger partial charge in [-0.05, 0) is 31.6 Å². The topological polar surface area (TPSA) is 58.1 Å². The number of carbonyl (C=O) groups is 1. The van der Waals surface area contributed by atoms with E-state index in [4.69, 9.17) is 9.97 Å². The van der Waals surface area contributed by atoms with Crippen molar-refractivity contribution in [3.05, 3.63) is 42.2 Å². The van der Waals surface area contributed by atoms with Crippen LogP contribution in [0, 0.1) is 11.3 Å². The van der Waals surface area contributed by atoms with Gasteiger partial charge in [-0.3, -0.25) is 9.78 Å². The van der Waals surface area contributed by atoms with Gasteiger partial charge in [0.15, 0.2) is 0 Å². The van der Waals surface area contributed by atoms with Gasteiger partial charge in [-0.15, -0.1) is 0 Å². The molecule has 1 amide bonds. The smallest absolute Gasteiger partial charge is 0.225 e. The van der Waals surface area contributed by atoms with E-state index in [0.29, 0.717) is 11.8 Å². The third kappa shape index (κ3) is 5.48. The van der Waals surface area contributed by atoms with E-state index < -0.39 is 0 Å². The molecular weight excluding hydrogens is 396 g/mol. The first kappa shape index (κ1) is 22.8. The molecule has 1 aliphatic carbocycles. The first-order valence-corrected chi connectivity index (χ1v) is 12.4. The molecule has 32 heavy (non-hydrogen) atoms. The molecule has 0 bridgehead atoms. The van der Waals surface area contributed by atoms with Crippen molar-refractivity contribution in [3.63, 3.8) is 0 Å². The summed E-state index contributed by atoms with van der Waals surface area (Å²) in [6, 6.07) is 10.6. The number of benzene rings is 1. The predicted octanol–water partition coefficient (Wildman–Crippen LogP) is 5.57. The van der Waals surface area contributed by atoms with E-state index in [0.717, 1.165) is 44.0 Å². The van der Waals surface area contributed by atoms with E-state index in [2.05, 4.69) is 40.5 Å². The summed E-state index contributed by atoms with van der Waals surface area (Å²) >= 11 is 0. The molecule has 1 N–H and O–H groups in total. The highest BCUT2D eigenvalue weighted by Crippen LogP contribution is 2.37. The molecule has 1 aliphatic heterocycles. The Morgan fingerprint density at radius 2 is 1.72 bits per heavy atom. The molecule has 1 saturated heterocycles. The molecule has 5 heteroatoms. The van der Waals surface area contributed by atoms with Crippen LogP contribution in [0.1, 0.15) is 77.3 Å². The van der Waals surface area contributed by atoms with Crippen LogP contribution in [0.3, 0.4) is 0 Å². The van der Waals surface area contributed by atoms with Crippen molar-refractivity contribution in [1.29, 1.82) is 0 Å². The summed E-state index contributed by atoms with van der Waals surface area (Å²) in [5.41, 5.74) is 3.08. The summed E-state index contributed by atoms with van der Waals surface area (Å²) in [4.78, 5) is 24.7. The number of nitrogens with zero attached hydrogens (tertiary/aromatic N) is 3. The Morgan fingerprint density at radius 1 is 1.03 bits per heavy atom. The molecule has 4 rings (SSSR count). The van der Waals surface area contributed by atoms with E-state index in [1.807, 2.05) is 27.0 Å². The number of piperidine rings is 1. The number of hydrogen-bond acceptors (Lipinski definition) is 4. The normalized spacial score (nSPS) is 18.5. The van der Waals surface area contributed by atoms with E-state index in [1.54, 1.807) is 0 Å². The average Bonchev–Trinajstić information content (AvgIpc) is 2.83. The van der Waals surface area contributed by atoms with E-state index in [9.17, 15) is 4.79 Å². The zero-order chi connectivity index (χ0) is 22.6. The van der Waals surface area contributed by atoms with Crippen LogP contribution in [0.15, 0.2) is 36.5 Å². The van der Waals surface area contributed by atoms with Gasteiger partial charge in [-0.2, -0.15) is 0 Å². The van der Waals surface area contributed by atoms with Crippen LogP contribution in [0.4, 0.5) is 5.82 Å². The molecule has 0 spiro atoms. The SMILES string of the molecule is CC(C)(C)C(=O)NCC1CCN(c2cnc(C3CCCCC3)c(-c3ccccc3)n2)CC1. The summed E-state index contributed by atoms with van der Waals surface area (Å²) in [6.07, 6.45) is 10.5. The van der Waals surface area contributed by atoms with E-state index in [-0.39, 0.29) is 11.3 Å². The van der Waals surface area contributed by atoms with Crippen LogP contribution < -0.4 is 10.2 Å². The van der Waals surface area contributed by atoms with Crippen LogP contribution in [0.5, 0.6) is 0 Å². The van der Waals surface area contributed by atoms with Crippen molar-refractivity contribution < 1.29 is 4.79 Å². The Labute approximate surface area is 193 Å². The summed E-state index contributed by atoms with van der Waals surface area (Å²) < 4.78 is 0. The van der Waals surface area contributed by atoms with Crippen LogP contribution >= 0.6 is 0 Å². The van der Waals surface area contributed by atoms with Gasteiger partial charge in [0.2, 0.25) is 5.91 Å². The average molecular weight is 435 g/mol. The van der Waals surface area contributed by atoms with Crippen LogP contribution in [-0.2, 0) is 4.79 Å². The largest absolute Gasteiger partial charge is 0.355 e. The summed E-state index contributed by atoms with van der Waals surface area (Å²) in [7, 11) is 0. The number of anilines is 1. The Bertz CT molecular complexity index is 892. The van der Waals surface area contributed by atoms with Crippen LogP contribution in [0.25, 0.3) is 11.3 Å². The molecule has 5 nitrogen and oxygen atoms in total. The Morgan fingerprint density at radius 3 is 2.38 bits per heavy atom. The third-order valence-electron chi connectivity index (χ3n) is 7.00. The second-order valence-corrected chi connectivity index (χ2v) is 10.6. The minimum absolute atomic E-state index is 0.136. The number of hydrogen-bond donors (Lipinski definition) is 1. The minimum Gasteiger partial charge on any atom is -0.355 e. The molecule has 1 aromatic carbocycles. The highest BCUT2D eigenvalue weighted by molar-refractivity contribution is 5.81. The maximum Gasteiger partial charge on any atom is 0.225 e. The number of amides is 1. The number of rotatable bonds is 5. The third-order valence-corrected chi connectivity index (χ3v) is 7.00. The lowest BCUT2D eigenvalue weighted by Crippen LogP contribution is -2.42. The molecular formula is C27H38N4O. The fourth-order valence-electron chi connectivity index (χ4n) is 4.89. The summed E-state index contributed by atoms with van der Waals surface area (Å²) in [5.74, 6) is 2.18. The van der Waals surface area contributed by atoms with Crippen molar-refractivity contribution in [2.75, 3.05) is 24.5 Å².